The van der Waals surface area contributed by atoms with Crippen molar-refractivity contribution in [1.29, 1.82) is 0 Å². The van der Waals surface area contributed by atoms with Crippen LogP contribution in [0.3, 0.4) is 0 Å². The average Bonchev–Trinajstić information content (AvgIpc) is 3.22. The van der Waals surface area contributed by atoms with Crippen molar-refractivity contribution < 1.29 is 9.90 Å². The molecule has 2 rings (SSSR count). The van der Waals surface area contributed by atoms with Gasteiger partial charge in [0.1, 0.15) is 5.54 Å². The molecule has 0 radical (unpaired) electrons. The number of rotatable bonds is 8. The monoisotopic (exact) mass is 296 g/mol. The van der Waals surface area contributed by atoms with E-state index >= 15 is 0 Å². The van der Waals surface area contributed by atoms with Crippen molar-refractivity contribution in [2.45, 2.75) is 82.8 Å². The van der Waals surface area contributed by atoms with E-state index in [-0.39, 0.29) is 0 Å². The summed E-state index contributed by atoms with van der Waals surface area (Å²) in [5.41, 5.74) is -0.750. The Balaban J connectivity index is 1.77. The Labute approximate surface area is 129 Å². The normalized spacial score (nSPS) is 29.3. The average molecular weight is 296 g/mol. The van der Waals surface area contributed by atoms with Crippen LogP contribution in [0, 0.1) is 5.92 Å². The van der Waals surface area contributed by atoms with Crippen LogP contribution in [0.15, 0.2) is 0 Å². The van der Waals surface area contributed by atoms with Crippen LogP contribution in [0.1, 0.15) is 65.2 Å². The summed E-state index contributed by atoms with van der Waals surface area (Å²) in [4.78, 5) is 14.0. The third kappa shape index (κ3) is 4.68. The summed E-state index contributed by atoms with van der Waals surface area (Å²) in [7, 11) is 2.21. The lowest BCUT2D eigenvalue weighted by Crippen LogP contribution is -2.51. The highest BCUT2D eigenvalue weighted by Gasteiger charge is 2.38. The van der Waals surface area contributed by atoms with Crippen molar-refractivity contribution in [1.82, 2.24) is 10.2 Å². The van der Waals surface area contributed by atoms with Gasteiger partial charge in [0, 0.05) is 12.1 Å². The van der Waals surface area contributed by atoms with Crippen LogP contribution in [-0.4, -0.2) is 47.2 Å². The Morgan fingerprint density at radius 3 is 2.52 bits per heavy atom. The molecule has 2 aliphatic rings. The van der Waals surface area contributed by atoms with E-state index in [0.29, 0.717) is 18.5 Å². The van der Waals surface area contributed by atoms with Crippen LogP contribution in [-0.2, 0) is 4.79 Å². The maximum absolute atomic E-state index is 11.5. The predicted octanol–water partition coefficient (Wildman–Crippen LogP) is 2.87. The number of hydrogen-bond acceptors (Lipinski definition) is 3. The van der Waals surface area contributed by atoms with Crippen molar-refractivity contribution in [2.24, 2.45) is 5.92 Å². The molecule has 0 aliphatic heterocycles. The quantitative estimate of drug-likeness (QED) is 0.723. The number of carboxylic acid groups (broad SMARTS) is 1. The molecule has 0 aromatic heterocycles. The van der Waals surface area contributed by atoms with Crippen molar-refractivity contribution in [2.75, 3.05) is 13.6 Å². The van der Waals surface area contributed by atoms with Crippen LogP contribution in [0.4, 0.5) is 0 Å². The van der Waals surface area contributed by atoms with Crippen LogP contribution in [0.5, 0.6) is 0 Å². The first-order chi connectivity index (χ1) is 9.92. The molecule has 122 valence electrons. The molecule has 0 amide bonds. The fourth-order valence-corrected chi connectivity index (χ4v) is 3.72. The zero-order valence-electron chi connectivity index (χ0n) is 13.9. The van der Waals surface area contributed by atoms with Gasteiger partial charge < -0.3 is 10.0 Å². The zero-order chi connectivity index (χ0) is 15.5. The SMILES string of the molecule is CC1CCCCC1N(C)CCCC(C)(NC1CC1)C(=O)O. The second kappa shape index (κ2) is 7.10. The zero-order valence-corrected chi connectivity index (χ0v) is 13.9. The predicted molar refractivity (Wildman–Crippen MR) is 85.5 cm³/mol. The van der Waals surface area contributed by atoms with Crippen LogP contribution in [0.25, 0.3) is 0 Å². The molecule has 3 atom stereocenters. The standard InChI is InChI=1S/C17H32N2O2/c1-13-7-4-5-8-15(13)19(3)12-6-11-17(2,16(20)21)18-14-9-10-14/h13-15,18H,4-12H2,1-3H3,(H,20,21). The molecule has 2 saturated carbocycles. The fourth-order valence-electron chi connectivity index (χ4n) is 3.72. The van der Waals surface area contributed by atoms with Gasteiger partial charge in [0.25, 0.3) is 0 Å². The van der Waals surface area contributed by atoms with Crippen LogP contribution in [0.2, 0.25) is 0 Å². The van der Waals surface area contributed by atoms with E-state index in [1.165, 1.54) is 25.7 Å². The molecule has 4 nitrogen and oxygen atoms in total. The maximum atomic E-state index is 11.5. The summed E-state index contributed by atoms with van der Waals surface area (Å²) < 4.78 is 0. The van der Waals surface area contributed by atoms with Gasteiger partial charge in [-0.3, -0.25) is 10.1 Å². The molecule has 2 fully saturated rings. The topological polar surface area (TPSA) is 52.6 Å². The number of hydrogen-bond donors (Lipinski definition) is 2. The van der Waals surface area contributed by atoms with Crippen molar-refractivity contribution in [3.8, 4) is 0 Å². The van der Waals surface area contributed by atoms with E-state index in [4.69, 9.17) is 0 Å². The molecule has 0 bridgehead atoms. The van der Waals surface area contributed by atoms with Crippen molar-refractivity contribution >= 4 is 5.97 Å². The minimum atomic E-state index is -0.750. The minimum absolute atomic E-state index is 0.433. The molecule has 2 N–H and O–H groups in total. The molecule has 3 unspecified atom stereocenters. The van der Waals surface area contributed by atoms with Crippen molar-refractivity contribution in [3.63, 3.8) is 0 Å². The minimum Gasteiger partial charge on any atom is -0.480 e. The summed E-state index contributed by atoms with van der Waals surface area (Å²) in [6, 6.07) is 1.12. The van der Waals surface area contributed by atoms with Gasteiger partial charge in [-0.2, -0.15) is 0 Å². The van der Waals surface area contributed by atoms with E-state index in [2.05, 4.69) is 24.2 Å². The largest absolute Gasteiger partial charge is 0.480 e. The van der Waals surface area contributed by atoms with Gasteiger partial charge in [0.15, 0.2) is 0 Å². The second-order valence-corrected chi connectivity index (χ2v) is 7.47. The van der Waals surface area contributed by atoms with Gasteiger partial charge in [0.05, 0.1) is 0 Å². The number of nitrogens with zero attached hydrogens (tertiary/aromatic N) is 1. The molecule has 0 aromatic carbocycles. The molecule has 2 aliphatic carbocycles. The number of carboxylic acids is 1. The smallest absolute Gasteiger partial charge is 0.323 e. The van der Waals surface area contributed by atoms with E-state index in [1.54, 1.807) is 0 Å². The third-order valence-corrected chi connectivity index (χ3v) is 5.39. The van der Waals surface area contributed by atoms with E-state index in [0.717, 1.165) is 31.7 Å². The van der Waals surface area contributed by atoms with Gasteiger partial charge in [0.2, 0.25) is 0 Å². The lowest BCUT2D eigenvalue weighted by atomic mass is 9.85. The summed E-state index contributed by atoms with van der Waals surface area (Å²) in [5.74, 6) is 0.0716. The first-order valence-electron chi connectivity index (χ1n) is 8.64. The first kappa shape index (κ1) is 16.8. The van der Waals surface area contributed by atoms with Gasteiger partial charge in [-0.05, 0) is 65.0 Å². The Hall–Kier alpha value is -0.610. The van der Waals surface area contributed by atoms with E-state index < -0.39 is 11.5 Å². The van der Waals surface area contributed by atoms with Crippen LogP contribution >= 0.6 is 0 Å². The Bertz CT molecular complexity index is 357. The third-order valence-electron chi connectivity index (χ3n) is 5.39. The highest BCUT2D eigenvalue weighted by molar-refractivity contribution is 5.78. The summed E-state index contributed by atoms with van der Waals surface area (Å²) >= 11 is 0. The molecule has 21 heavy (non-hydrogen) atoms. The Morgan fingerprint density at radius 1 is 1.29 bits per heavy atom. The van der Waals surface area contributed by atoms with Gasteiger partial charge in [-0.1, -0.05) is 19.8 Å². The summed E-state index contributed by atoms with van der Waals surface area (Å²) in [5, 5.41) is 12.8. The van der Waals surface area contributed by atoms with Gasteiger partial charge in [-0.25, -0.2) is 0 Å². The Kier molecular flexibility index (Phi) is 5.67. The van der Waals surface area contributed by atoms with Crippen LogP contribution < -0.4 is 5.32 Å². The first-order valence-corrected chi connectivity index (χ1v) is 8.64. The molecule has 0 heterocycles. The second-order valence-electron chi connectivity index (χ2n) is 7.47. The van der Waals surface area contributed by atoms with E-state index in [9.17, 15) is 9.90 Å². The summed E-state index contributed by atoms with van der Waals surface area (Å²) in [6.45, 7) is 5.21. The maximum Gasteiger partial charge on any atom is 0.323 e. The number of nitrogens with one attached hydrogen (secondary N) is 1. The molecular formula is C17H32N2O2. The lowest BCUT2D eigenvalue weighted by molar-refractivity contribution is -0.144. The number of aliphatic carboxylic acids is 1. The van der Waals surface area contributed by atoms with Gasteiger partial charge >= 0.3 is 5.97 Å². The molecular weight excluding hydrogens is 264 g/mol. The molecule has 0 aromatic rings. The molecule has 0 saturated heterocycles. The highest BCUT2D eigenvalue weighted by Crippen LogP contribution is 2.28. The highest BCUT2D eigenvalue weighted by atomic mass is 16.4. The van der Waals surface area contributed by atoms with Gasteiger partial charge in [-0.15, -0.1) is 0 Å². The fraction of sp³-hybridized carbons (Fsp3) is 0.941. The summed E-state index contributed by atoms with van der Waals surface area (Å²) in [6.07, 6.45) is 9.26. The number of carbonyl (C=O) groups is 1. The van der Waals surface area contributed by atoms with E-state index in [1.807, 2.05) is 6.92 Å². The Morgan fingerprint density at radius 2 is 1.95 bits per heavy atom. The lowest BCUT2D eigenvalue weighted by Gasteiger charge is -2.37. The van der Waals surface area contributed by atoms with Crippen molar-refractivity contribution in [3.05, 3.63) is 0 Å². The molecule has 0 spiro atoms. The molecule has 4 heteroatoms.